The molecule has 64 valence electrons. The predicted octanol–water partition coefficient (Wildman–Crippen LogP) is -0.274. The van der Waals surface area contributed by atoms with Crippen molar-refractivity contribution in [2.75, 3.05) is 14.2 Å². The SMILES string of the molecule is COC.O=CC1CCC(=O)N1. The fourth-order valence-electron chi connectivity index (χ4n) is 0.740. The Morgan fingerprint density at radius 2 is 2.18 bits per heavy atom. The van der Waals surface area contributed by atoms with Crippen molar-refractivity contribution >= 4 is 12.2 Å². The van der Waals surface area contributed by atoms with Crippen LogP contribution in [0.15, 0.2) is 0 Å². The van der Waals surface area contributed by atoms with E-state index in [-0.39, 0.29) is 11.9 Å². The molecule has 0 spiro atoms. The summed E-state index contributed by atoms with van der Waals surface area (Å²) in [6.45, 7) is 0. The minimum absolute atomic E-state index is 0.0119. The molecular weight excluding hydrogens is 146 g/mol. The van der Waals surface area contributed by atoms with Crippen LogP contribution in [0.5, 0.6) is 0 Å². The quantitative estimate of drug-likeness (QED) is 0.536. The molecule has 1 aliphatic rings. The number of carbonyl (C=O) groups excluding carboxylic acids is 2. The van der Waals surface area contributed by atoms with Gasteiger partial charge in [-0.2, -0.15) is 0 Å². The zero-order chi connectivity index (χ0) is 8.69. The Balaban J connectivity index is 0.000000292. The maximum atomic E-state index is 10.3. The van der Waals surface area contributed by atoms with Crippen molar-refractivity contribution in [3.8, 4) is 0 Å². The minimum atomic E-state index is -0.206. The third-order valence-corrected chi connectivity index (χ3v) is 1.19. The van der Waals surface area contributed by atoms with Crippen LogP contribution < -0.4 is 5.32 Å². The van der Waals surface area contributed by atoms with Gasteiger partial charge in [0.25, 0.3) is 0 Å². The van der Waals surface area contributed by atoms with Gasteiger partial charge in [0.1, 0.15) is 6.29 Å². The lowest BCUT2D eigenvalue weighted by molar-refractivity contribution is -0.120. The first kappa shape index (κ1) is 10.1. The average molecular weight is 159 g/mol. The Hall–Kier alpha value is -0.900. The molecule has 0 aromatic heterocycles. The largest absolute Gasteiger partial charge is 0.388 e. The number of carbonyl (C=O) groups is 2. The smallest absolute Gasteiger partial charge is 0.220 e. The number of amides is 1. The highest BCUT2D eigenvalue weighted by atomic mass is 16.4. The van der Waals surface area contributed by atoms with E-state index in [0.717, 1.165) is 6.29 Å². The summed E-state index contributed by atoms with van der Waals surface area (Å²) >= 11 is 0. The average Bonchev–Trinajstić information content (AvgIpc) is 2.37. The minimum Gasteiger partial charge on any atom is -0.388 e. The number of rotatable bonds is 1. The van der Waals surface area contributed by atoms with Crippen LogP contribution in [0, 0.1) is 0 Å². The van der Waals surface area contributed by atoms with Crippen LogP contribution in [-0.4, -0.2) is 32.5 Å². The summed E-state index contributed by atoms with van der Waals surface area (Å²) in [6.07, 6.45) is 1.94. The lowest BCUT2D eigenvalue weighted by Gasteiger charge is -1.94. The number of methoxy groups -OCH3 is 1. The van der Waals surface area contributed by atoms with E-state index >= 15 is 0 Å². The fraction of sp³-hybridized carbons (Fsp3) is 0.714. The second kappa shape index (κ2) is 5.85. The van der Waals surface area contributed by atoms with Gasteiger partial charge in [0.05, 0.1) is 6.04 Å². The number of hydrogen-bond donors (Lipinski definition) is 1. The summed E-state index contributed by atoms with van der Waals surface area (Å²) in [6, 6.07) is -0.206. The Morgan fingerprint density at radius 3 is 2.36 bits per heavy atom. The number of aldehydes is 1. The van der Waals surface area contributed by atoms with Crippen molar-refractivity contribution in [2.24, 2.45) is 0 Å². The molecule has 1 N–H and O–H groups in total. The Morgan fingerprint density at radius 1 is 1.64 bits per heavy atom. The molecule has 4 heteroatoms. The van der Waals surface area contributed by atoms with Gasteiger partial charge < -0.3 is 14.8 Å². The van der Waals surface area contributed by atoms with E-state index in [4.69, 9.17) is 0 Å². The zero-order valence-electron chi connectivity index (χ0n) is 6.79. The summed E-state index contributed by atoms with van der Waals surface area (Å²) < 4.78 is 4.25. The number of ether oxygens (including phenoxy) is 1. The van der Waals surface area contributed by atoms with Gasteiger partial charge in [-0.05, 0) is 6.42 Å². The molecule has 1 fully saturated rings. The van der Waals surface area contributed by atoms with E-state index in [9.17, 15) is 9.59 Å². The lowest BCUT2D eigenvalue weighted by Crippen LogP contribution is -2.25. The summed E-state index contributed by atoms with van der Waals surface area (Å²) in [4.78, 5) is 20.3. The summed E-state index contributed by atoms with van der Waals surface area (Å²) in [5, 5.41) is 2.50. The van der Waals surface area contributed by atoms with Crippen molar-refractivity contribution < 1.29 is 14.3 Å². The fourth-order valence-corrected chi connectivity index (χ4v) is 0.740. The van der Waals surface area contributed by atoms with Crippen LogP contribution in [-0.2, 0) is 14.3 Å². The summed E-state index contributed by atoms with van der Waals surface area (Å²) in [5.41, 5.74) is 0. The second-order valence-electron chi connectivity index (χ2n) is 2.26. The van der Waals surface area contributed by atoms with E-state index in [0.29, 0.717) is 12.8 Å². The molecule has 1 amide bonds. The van der Waals surface area contributed by atoms with Gasteiger partial charge in [-0.1, -0.05) is 0 Å². The van der Waals surface area contributed by atoms with Crippen molar-refractivity contribution in [3.05, 3.63) is 0 Å². The summed E-state index contributed by atoms with van der Waals surface area (Å²) in [5.74, 6) is -0.0119. The van der Waals surface area contributed by atoms with Crippen LogP contribution in [0.2, 0.25) is 0 Å². The molecule has 0 saturated carbocycles. The molecule has 1 unspecified atom stereocenters. The first-order valence-electron chi connectivity index (χ1n) is 3.39. The molecule has 1 saturated heterocycles. The van der Waals surface area contributed by atoms with Gasteiger partial charge in [0, 0.05) is 20.6 Å². The van der Waals surface area contributed by atoms with Crippen molar-refractivity contribution in [2.45, 2.75) is 18.9 Å². The highest BCUT2D eigenvalue weighted by molar-refractivity contribution is 5.83. The maximum Gasteiger partial charge on any atom is 0.220 e. The molecule has 0 aromatic rings. The normalized spacial score (nSPS) is 21.6. The van der Waals surface area contributed by atoms with E-state index in [1.54, 1.807) is 14.2 Å². The van der Waals surface area contributed by atoms with Gasteiger partial charge in [-0.3, -0.25) is 4.79 Å². The molecule has 4 nitrogen and oxygen atoms in total. The van der Waals surface area contributed by atoms with Crippen molar-refractivity contribution in [3.63, 3.8) is 0 Å². The predicted molar refractivity (Wildman–Crippen MR) is 40.2 cm³/mol. The van der Waals surface area contributed by atoms with E-state index < -0.39 is 0 Å². The van der Waals surface area contributed by atoms with E-state index in [1.807, 2.05) is 0 Å². The van der Waals surface area contributed by atoms with Crippen molar-refractivity contribution in [1.82, 2.24) is 5.32 Å². The van der Waals surface area contributed by atoms with E-state index in [2.05, 4.69) is 10.1 Å². The van der Waals surface area contributed by atoms with Crippen LogP contribution in [0.4, 0.5) is 0 Å². The van der Waals surface area contributed by atoms with Crippen LogP contribution >= 0.6 is 0 Å². The first-order valence-corrected chi connectivity index (χ1v) is 3.39. The molecule has 11 heavy (non-hydrogen) atoms. The molecule has 0 aromatic carbocycles. The van der Waals surface area contributed by atoms with E-state index in [1.165, 1.54) is 0 Å². The van der Waals surface area contributed by atoms with Crippen LogP contribution in [0.25, 0.3) is 0 Å². The monoisotopic (exact) mass is 159 g/mol. The highest BCUT2D eigenvalue weighted by Crippen LogP contribution is 2.02. The first-order chi connectivity index (χ1) is 5.24. The van der Waals surface area contributed by atoms with Crippen LogP contribution in [0.1, 0.15) is 12.8 Å². The third-order valence-electron chi connectivity index (χ3n) is 1.19. The van der Waals surface area contributed by atoms with Gasteiger partial charge in [-0.15, -0.1) is 0 Å². The maximum absolute atomic E-state index is 10.3. The standard InChI is InChI=1S/C5H7NO2.C2H6O/c7-3-4-1-2-5(8)6-4;1-3-2/h3-4H,1-2H2,(H,6,8);1-2H3. The lowest BCUT2D eigenvalue weighted by atomic mass is 10.2. The zero-order valence-corrected chi connectivity index (χ0v) is 6.79. The molecule has 0 radical (unpaired) electrons. The van der Waals surface area contributed by atoms with Gasteiger partial charge in [0.2, 0.25) is 5.91 Å². The van der Waals surface area contributed by atoms with Gasteiger partial charge in [0.15, 0.2) is 0 Å². The Labute approximate surface area is 65.9 Å². The van der Waals surface area contributed by atoms with Gasteiger partial charge >= 0.3 is 0 Å². The molecule has 1 aliphatic heterocycles. The number of hydrogen-bond acceptors (Lipinski definition) is 3. The Bertz CT molecular complexity index is 136. The third kappa shape index (κ3) is 4.50. The second-order valence-corrected chi connectivity index (χ2v) is 2.26. The van der Waals surface area contributed by atoms with Crippen LogP contribution in [0.3, 0.4) is 0 Å². The topological polar surface area (TPSA) is 55.4 Å². The van der Waals surface area contributed by atoms with Gasteiger partial charge in [-0.25, -0.2) is 0 Å². The van der Waals surface area contributed by atoms with Crippen molar-refractivity contribution in [1.29, 1.82) is 0 Å². The summed E-state index contributed by atoms with van der Waals surface area (Å²) in [7, 11) is 3.25. The molecule has 0 aliphatic carbocycles. The number of nitrogens with one attached hydrogen (secondary N) is 1. The molecule has 0 bridgehead atoms. The Kier molecular flexibility index (Phi) is 5.37. The molecule has 1 heterocycles. The molecular formula is C7H13NO3. The highest BCUT2D eigenvalue weighted by Gasteiger charge is 2.18. The molecule has 1 rings (SSSR count). The molecule has 1 atom stereocenters.